The number of aromatic nitrogens is 1. The fraction of sp³-hybridized carbons (Fsp3) is 0.400. The average Bonchev–Trinajstić information content (AvgIpc) is 3.19. The van der Waals surface area contributed by atoms with Gasteiger partial charge in [0.2, 0.25) is 5.91 Å². The summed E-state index contributed by atoms with van der Waals surface area (Å²) in [6.07, 6.45) is 5.31. The topological polar surface area (TPSA) is 88.6 Å². The van der Waals surface area contributed by atoms with Crippen LogP contribution in [0.25, 0.3) is 0 Å². The quantitative estimate of drug-likeness (QED) is 0.939. The monoisotopic (exact) mass is 303 g/mol. The van der Waals surface area contributed by atoms with Crippen LogP contribution in [-0.2, 0) is 4.79 Å². The first-order valence-corrected chi connectivity index (χ1v) is 7.23. The third kappa shape index (κ3) is 2.74. The molecule has 7 nitrogen and oxygen atoms in total. The Balaban J connectivity index is 1.76. The Kier molecular flexibility index (Phi) is 3.95. The van der Waals surface area contributed by atoms with Gasteiger partial charge in [0.1, 0.15) is 12.3 Å². The van der Waals surface area contributed by atoms with Crippen molar-refractivity contribution in [1.29, 1.82) is 0 Å². The summed E-state index contributed by atoms with van der Waals surface area (Å²) in [6.45, 7) is 2.33. The van der Waals surface area contributed by atoms with Gasteiger partial charge >= 0.3 is 0 Å². The lowest BCUT2D eigenvalue weighted by molar-refractivity contribution is -0.121. The molecule has 3 rings (SSSR count). The van der Waals surface area contributed by atoms with Crippen molar-refractivity contribution in [2.75, 3.05) is 11.9 Å². The smallest absolute Gasteiger partial charge is 0.290 e. The highest BCUT2D eigenvalue weighted by atomic mass is 16.5. The van der Waals surface area contributed by atoms with Gasteiger partial charge in [0.25, 0.3) is 5.91 Å². The predicted molar refractivity (Wildman–Crippen MR) is 77.3 cm³/mol. The second-order valence-corrected chi connectivity index (χ2v) is 5.32. The highest BCUT2D eigenvalue weighted by Crippen LogP contribution is 2.22. The van der Waals surface area contributed by atoms with Crippen LogP contribution in [0.5, 0.6) is 0 Å². The van der Waals surface area contributed by atoms with Crippen molar-refractivity contribution in [2.24, 2.45) is 0 Å². The van der Waals surface area contributed by atoms with Crippen molar-refractivity contribution >= 4 is 17.6 Å². The fourth-order valence-corrected chi connectivity index (χ4v) is 2.60. The standard InChI is InChI=1S/C15H17N3O4/c1-10-9-22-17-13(10)16-14(19)11-5-2-3-7-18(11)15(20)12-6-4-8-21-12/h4,6,8-9,11H,2-3,5,7H2,1H3,(H,16,17,19). The number of carbonyl (C=O) groups is 2. The van der Waals surface area contributed by atoms with E-state index < -0.39 is 6.04 Å². The van der Waals surface area contributed by atoms with E-state index >= 15 is 0 Å². The van der Waals surface area contributed by atoms with Gasteiger partial charge in [0, 0.05) is 12.1 Å². The van der Waals surface area contributed by atoms with Crippen LogP contribution in [0, 0.1) is 6.92 Å². The number of piperidine rings is 1. The molecule has 0 aromatic carbocycles. The van der Waals surface area contributed by atoms with E-state index in [1.807, 2.05) is 0 Å². The molecule has 3 heterocycles. The van der Waals surface area contributed by atoms with Crippen molar-refractivity contribution < 1.29 is 18.5 Å². The molecule has 0 saturated carbocycles. The maximum Gasteiger partial charge on any atom is 0.290 e. The first-order valence-electron chi connectivity index (χ1n) is 7.23. The van der Waals surface area contributed by atoms with Crippen molar-refractivity contribution in [3.8, 4) is 0 Å². The molecule has 0 bridgehead atoms. The Morgan fingerprint density at radius 2 is 2.27 bits per heavy atom. The van der Waals surface area contributed by atoms with E-state index in [0.29, 0.717) is 18.8 Å². The number of rotatable bonds is 3. The summed E-state index contributed by atoms with van der Waals surface area (Å²) in [6, 6.07) is 2.74. The normalized spacial score (nSPS) is 18.2. The Labute approximate surface area is 127 Å². The number of hydrogen-bond donors (Lipinski definition) is 1. The van der Waals surface area contributed by atoms with Gasteiger partial charge in [-0.2, -0.15) is 0 Å². The molecule has 0 radical (unpaired) electrons. The molecule has 1 saturated heterocycles. The molecule has 1 aliphatic rings. The van der Waals surface area contributed by atoms with Gasteiger partial charge in [0.15, 0.2) is 11.6 Å². The second kappa shape index (κ2) is 6.05. The molecule has 2 amide bonds. The van der Waals surface area contributed by atoms with E-state index in [2.05, 4.69) is 10.5 Å². The van der Waals surface area contributed by atoms with Crippen molar-refractivity contribution in [3.63, 3.8) is 0 Å². The summed E-state index contributed by atoms with van der Waals surface area (Å²) < 4.78 is 9.96. The average molecular weight is 303 g/mol. The van der Waals surface area contributed by atoms with Crippen LogP contribution in [-0.4, -0.2) is 34.5 Å². The van der Waals surface area contributed by atoms with Crippen LogP contribution in [0.1, 0.15) is 35.4 Å². The summed E-state index contributed by atoms with van der Waals surface area (Å²) in [5.41, 5.74) is 0.744. The lowest BCUT2D eigenvalue weighted by Gasteiger charge is -2.33. The molecule has 0 aliphatic carbocycles. The maximum absolute atomic E-state index is 12.5. The van der Waals surface area contributed by atoms with E-state index in [1.165, 1.54) is 12.5 Å². The van der Waals surface area contributed by atoms with Crippen molar-refractivity contribution in [1.82, 2.24) is 10.1 Å². The third-order valence-corrected chi connectivity index (χ3v) is 3.79. The highest BCUT2D eigenvalue weighted by Gasteiger charge is 2.34. The molecule has 1 fully saturated rings. The number of nitrogens with zero attached hydrogens (tertiary/aromatic N) is 2. The van der Waals surface area contributed by atoms with Crippen LogP contribution in [0.4, 0.5) is 5.82 Å². The molecule has 1 unspecified atom stereocenters. The minimum absolute atomic E-state index is 0.248. The molecule has 2 aromatic rings. The number of furan rings is 1. The second-order valence-electron chi connectivity index (χ2n) is 5.32. The van der Waals surface area contributed by atoms with E-state index in [4.69, 9.17) is 8.94 Å². The van der Waals surface area contributed by atoms with Crippen LogP contribution in [0.15, 0.2) is 33.6 Å². The Hall–Kier alpha value is -2.57. The first kappa shape index (κ1) is 14.4. The minimum atomic E-state index is -0.526. The summed E-state index contributed by atoms with van der Waals surface area (Å²) in [4.78, 5) is 26.5. The number of carbonyl (C=O) groups excluding carboxylic acids is 2. The van der Waals surface area contributed by atoms with Gasteiger partial charge in [-0.15, -0.1) is 0 Å². The number of aryl methyl sites for hydroxylation is 1. The van der Waals surface area contributed by atoms with E-state index in [9.17, 15) is 9.59 Å². The first-order chi connectivity index (χ1) is 10.7. The zero-order valence-corrected chi connectivity index (χ0v) is 12.2. The van der Waals surface area contributed by atoms with Crippen LogP contribution in [0.3, 0.4) is 0 Å². The van der Waals surface area contributed by atoms with Crippen LogP contribution < -0.4 is 5.32 Å². The van der Waals surface area contributed by atoms with E-state index in [0.717, 1.165) is 18.4 Å². The Morgan fingerprint density at radius 3 is 2.95 bits per heavy atom. The SMILES string of the molecule is Cc1conc1NC(=O)C1CCCCN1C(=O)c1ccco1. The molecular formula is C15H17N3O4. The largest absolute Gasteiger partial charge is 0.459 e. The zero-order chi connectivity index (χ0) is 15.5. The van der Waals surface area contributed by atoms with Gasteiger partial charge in [0.05, 0.1) is 6.26 Å². The number of likely N-dealkylation sites (tertiary alicyclic amines) is 1. The minimum Gasteiger partial charge on any atom is -0.459 e. The number of amides is 2. The fourth-order valence-electron chi connectivity index (χ4n) is 2.60. The number of anilines is 1. The van der Waals surface area contributed by atoms with Gasteiger partial charge < -0.3 is 19.2 Å². The third-order valence-electron chi connectivity index (χ3n) is 3.79. The Bertz CT molecular complexity index is 662. The molecule has 1 aliphatic heterocycles. The molecule has 2 aromatic heterocycles. The van der Waals surface area contributed by atoms with Gasteiger partial charge in [-0.1, -0.05) is 5.16 Å². The summed E-state index contributed by atoms with van der Waals surface area (Å²) in [7, 11) is 0. The molecule has 1 N–H and O–H groups in total. The maximum atomic E-state index is 12.5. The summed E-state index contributed by atoms with van der Waals surface area (Å²) >= 11 is 0. The molecular weight excluding hydrogens is 286 g/mol. The molecule has 7 heteroatoms. The number of hydrogen-bond acceptors (Lipinski definition) is 5. The predicted octanol–water partition coefficient (Wildman–Crippen LogP) is 2.21. The summed E-state index contributed by atoms with van der Waals surface area (Å²) in [5.74, 6) is 0.122. The number of nitrogens with one attached hydrogen (secondary N) is 1. The van der Waals surface area contributed by atoms with E-state index in [1.54, 1.807) is 24.0 Å². The highest BCUT2D eigenvalue weighted by molar-refractivity contribution is 6.00. The van der Waals surface area contributed by atoms with Gasteiger partial charge in [-0.25, -0.2) is 0 Å². The van der Waals surface area contributed by atoms with Gasteiger partial charge in [-0.3, -0.25) is 9.59 Å². The van der Waals surface area contributed by atoms with Crippen molar-refractivity contribution in [2.45, 2.75) is 32.2 Å². The summed E-state index contributed by atoms with van der Waals surface area (Å²) in [5, 5.41) is 6.46. The van der Waals surface area contributed by atoms with E-state index in [-0.39, 0.29) is 17.6 Å². The Morgan fingerprint density at radius 1 is 1.41 bits per heavy atom. The molecule has 0 spiro atoms. The molecule has 22 heavy (non-hydrogen) atoms. The molecule has 1 atom stereocenters. The van der Waals surface area contributed by atoms with Crippen LogP contribution >= 0.6 is 0 Å². The van der Waals surface area contributed by atoms with Crippen LogP contribution in [0.2, 0.25) is 0 Å². The lowest BCUT2D eigenvalue weighted by Crippen LogP contribution is -2.50. The lowest BCUT2D eigenvalue weighted by atomic mass is 10.0. The van der Waals surface area contributed by atoms with Gasteiger partial charge in [-0.05, 0) is 38.3 Å². The van der Waals surface area contributed by atoms with Crippen molar-refractivity contribution in [3.05, 3.63) is 36.0 Å². The zero-order valence-electron chi connectivity index (χ0n) is 12.2. The molecule has 116 valence electrons.